The van der Waals surface area contributed by atoms with E-state index < -0.39 is 0 Å². The quantitative estimate of drug-likeness (QED) is 0.549. The van der Waals surface area contributed by atoms with Gasteiger partial charge in [0.15, 0.2) is 0 Å². The summed E-state index contributed by atoms with van der Waals surface area (Å²) in [5, 5.41) is 0. The highest BCUT2D eigenvalue weighted by molar-refractivity contribution is 4.74. The van der Waals surface area contributed by atoms with E-state index in [1.807, 2.05) is 0 Å². The van der Waals surface area contributed by atoms with Crippen LogP contribution in [0.5, 0.6) is 0 Å². The lowest BCUT2D eigenvalue weighted by atomic mass is 9.76. The second-order valence-corrected chi connectivity index (χ2v) is 5.59. The minimum absolute atomic E-state index is 1.01. The molecule has 1 saturated carbocycles. The van der Waals surface area contributed by atoms with Crippen LogP contribution < -0.4 is 0 Å². The highest BCUT2D eigenvalue weighted by Gasteiger charge is 2.22. The molecule has 0 unspecified atom stereocenters. The Morgan fingerprint density at radius 1 is 0.867 bits per heavy atom. The molecule has 0 aromatic heterocycles. The van der Waals surface area contributed by atoms with Gasteiger partial charge < -0.3 is 0 Å². The van der Waals surface area contributed by atoms with Crippen molar-refractivity contribution >= 4 is 0 Å². The molecule has 0 radical (unpaired) electrons. The highest BCUT2D eigenvalue weighted by atomic mass is 14.3. The molecule has 0 atom stereocenters. The molecule has 0 heteroatoms. The van der Waals surface area contributed by atoms with Crippen molar-refractivity contribution in [3.8, 4) is 0 Å². The first-order valence-corrected chi connectivity index (χ1v) is 7.30. The van der Waals surface area contributed by atoms with Gasteiger partial charge in [0, 0.05) is 0 Å². The van der Waals surface area contributed by atoms with Gasteiger partial charge in [0.1, 0.15) is 0 Å². The van der Waals surface area contributed by atoms with E-state index in [0.29, 0.717) is 0 Å². The Hall–Kier alpha value is 0. The predicted molar refractivity (Wildman–Crippen MR) is 69.0 cm³/mol. The Balaban J connectivity index is 2.19. The fourth-order valence-electron chi connectivity index (χ4n) is 3.26. The molecule has 0 aromatic rings. The van der Waals surface area contributed by atoms with Gasteiger partial charge in [-0.05, 0) is 24.2 Å². The van der Waals surface area contributed by atoms with E-state index in [-0.39, 0.29) is 0 Å². The summed E-state index contributed by atoms with van der Waals surface area (Å²) >= 11 is 0. The van der Waals surface area contributed by atoms with Crippen molar-refractivity contribution in [1.29, 1.82) is 0 Å². The summed E-state index contributed by atoms with van der Waals surface area (Å²) < 4.78 is 0. The van der Waals surface area contributed by atoms with Gasteiger partial charge in [-0.3, -0.25) is 0 Å². The Labute approximate surface area is 96.8 Å². The van der Waals surface area contributed by atoms with Gasteiger partial charge in [0.05, 0.1) is 0 Å². The number of hydrogen-bond donors (Lipinski definition) is 0. The second-order valence-electron chi connectivity index (χ2n) is 5.59. The van der Waals surface area contributed by atoms with E-state index >= 15 is 0 Å². The molecule has 0 amide bonds. The minimum atomic E-state index is 1.01. The maximum Gasteiger partial charge on any atom is -0.0411 e. The molecular weight excluding hydrogens is 180 g/mol. The van der Waals surface area contributed by atoms with E-state index in [2.05, 4.69) is 20.8 Å². The Kier molecular flexibility index (Phi) is 6.36. The second kappa shape index (κ2) is 7.30. The van der Waals surface area contributed by atoms with Crippen LogP contribution in [0.25, 0.3) is 0 Å². The Morgan fingerprint density at radius 3 is 1.87 bits per heavy atom. The third-order valence-corrected chi connectivity index (χ3v) is 4.48. The lowest BCUT2D eigenvalue weighted by Gasteiger charge is -2.30. The molecule has 90 valence electrons. The van der Waals surface area contributed by atoms with Crippen LogP contribution in [0.4, 0.5) is 0 Å². The first-order chi connectivity index (χ1) is 7.30. The molecule has 0 saturated heterocycles. The number of hydrogen-bond acceptors (Lipinski definition) is 0. The monoisotopic (exact) mass is 210 g/mol. The summed E-state index contributed by atoms with van der Waals surface area (Å²) in [7, 11) is 0. The van der Waals surface area contributed by atoms with E-state index in [9.17, 15) is 0 Å². The van der Waals surface area contributed by atoms with Gasteiger partial charge in [0.25, 0.3) is 0 Å². The van der Waals surface area contributed by atoms with Crippen LogP contribution in [-0.4, -0.2) is 0 Å². The van der Waals surface area contributed by atoms with Crippen LogP contribution in [0.15, 0.2) is 0 Å². The van der Waals surface area contributed by atoms with Gasteiger partial charge in [-0.2, -0.15) is 0 Å². The van der Waals surface area contributed by atoms with Crippen molar-refractivity contribution in [2.24, 2.45) is 17.8 Å². The Bertz CT molecular complexity index is 138. The molecule has 1 aliphatic rings. The predicted octanol–water partition coefficient (Wildman–Crippen LogP) is 5.42. The van der Waals surface area contributed by atoms with Crippen LogP contribution >= 0.6 is 0 Å². The van der Waals surface area contributed by atoms with Crippen molar-refractivity contribution in [3.05, 3.63) is 0 Å². The van der Waals surface area contributed by atoms with Crippen molar-refractivity contribution in [1.82, 2.24) is 0 Å². The third-order valence-electron chi connectivity index (χ3n) is 4.48. The summed E-state index contributed by atoms with van der Waals surface area (Å²) in [6, 6.07) is 0. The highest BCUT2D eigenvalue weighted by Crippen LogP contribution is 2.35. The van der Waals surface area contributed by atoms with Crippen LogP contribution in [0.2, 0.25) is 0 Å². The van der Waals surface area contributed by atoms with E-state index in [4.69, 9.17) is 0 Å². The summed E-state index contributed by atoms with van der Waals surface area (Å²) in [6.07, 6.45) is 13.3. The van der Waals surface area contributed by atoms with Gasteiger partial charge in [-0.1, -0.05) is 72.1 Å². The lowest BCUT2D eigenvalue weighted by molar-refractivity contribution is 0.223. The molecule has 1 fully saturated rings. The normalized spacial score (nSPS) is 27.2. The molecule has 0 bridgehead atoms. The van der Waals surface area contributed by atoms with Gasteiger partial charge >= 0.3 is 0 Å². The van der Waals surface area contributed by atoms with Crippen LogP contribution in [-0.2, 0) is 0 Å². The largest absolute Gasteiger partial charge is 0.0654 e. The van der Waals surface area contributed by atoms with Crippen LogP contribution in [0.1, 0.15) is 78.6 Å². The molecule has 15 heavy (non-hydrogen) atoms. The molecule has 0 nitrogen and oxygen atoms in total. The maximum atomic E-state index is 2.36. The van der Waals surface area contributed by atoms with Crippen molar-refractivity contribution in [2.75, 3.05) is 0 Å². The molecule has 1 aliphatic carbocycles. The average molecular weight is 210 g/mol. The molecule has 0 N–H and O–H groups in total. The van der Waals surface area contributed by atoms with Gasteiger partial charge in [-0.15, -0.1) is 0 Å². The average Bonchev–Trinajstić information content (AvgIpc) is 2.28. The SMILES string of the molecule is CCCC1CCC(CC(CC)CC)CC1. The fraction of sp³-hybridized carbons (Fsp3) is 1.00. The van der Waals surface area contributed by atoms with E-state index in [1.54, 1.807) is 0 Å². The lowest BCUT2D eigenvalue weighted by Crippen LogP contribution is -2.17. The summed E-state index contributed by atoms with van der Waals surface area (Å²) in [5.74, 6) is 3.16. The zero-order valence-electron chi connectivity index (χ0n) is 11.1. The molecule has 0 spiro atoms. The zero-order chi connectivity index (χ0) is 11.1. The first kappa shape index (κ1) is 13.1. The molecule has 0 heterocycles. The van der Waals surface area contributed by atoms with Crippen LogP contribution in [0, 0.1) is 17.8 Å². The van der Waals surface area contributed by atoms with E-state index in [1.165, 1.54) is 57.8 Å². The summed E-state index contributed by atoms with van der Waals surface area (Å²) in [6.45, 7) is 7.05. The smallest absolute Gasteiger partial charge is 0.0411 e. The zero-order valence-corrected chi connectivity index (χ0v) is 11.1. The van der Waals surface area contributed by atoms with Crippen molar-refractivity contribution < 1.29 is 0 Å². The van der Waals surface area contributed by atoms with Crippen molar-refractivity contribution in [2.45, 2.75) is 78.6 Å². The minimum Gasteiger partial charge on any atom is -0.0654 e. The Morgan fingerprint density at radius 2 is 1.40 bits per heavy atom. The third kappa shape index (κ3) is 4.57. The van der Waals surface area contributed by atoms with Crippen LogP contribution in [0.3, 0.4) is 0 Å². The molecule has 0 aliphatic heterocycles. The van der Waals surface area contributed by atoms with E-state index in [0.717, 1.165) is 17.8 Å². The maximum absolute atomic E-state index is 2.36. The van der Waals surface area contributed by atoms with Gasteiger partial charge in [0.2, 0.25) is 0 Å². The standard InChI is InChI=1S/C15H30/c1-4-7-14-8-10-15(11-9-14)12-13(5-2)6-3/h13-15H,4-12H2,1-3H3. The molecule has 1 rings (SSSR count). The fourth-order valence-corrected chi connectivity index (χ4v) is 3.26. The molecular formula is C15H30. The topological polar surface area (TPSA) is 0 Å². The molecule has 0 aromatic carbocycles. The first-order valence-electron chi connectivity index (χ1n) is 7.30. The summed E-state index contributed by atoms with van der Waals surface area (Å²) in [4.78, 5) is 0. The van der Waals surface area contributed by atoms with Gasteiger partial charge in [-0.25, -0.2) is 0 Å². The number of rotatable bonds is 6. The van der Waals surface area contributed by atoms with Crippen molar-refractivity contribution in [3.63, 3.8) is 0 Å². The summed E-state index contributed by atoms with van der Waals surface area (Å²) in [5.41, 5.74) is 0.